The van der Waals surface area contributed by atoms with Gasteiger partial charge in [-0.25, -0.2) is 0 Å². The van der Waals surface area contributed by atoms with Gasteiger partial charge in [0.1, 0.15) is 6.61 Å². The van der Waals surface area contributed by atoms with Crippen LogP contribution in [0, 0.1) is 0 Å². The Labute approximate surface area is 113 Å². The minimum Gasteiger partial charge on any atom is -0.372 e. The molecule has 0 amide bonds. The van der Waals surface area contributed by atoms with E-state index < -0.39 is 12.5 Å². The van der Waals surface area contributed by atoms with E-state index in [1.165, 1.54) is 12.1 Å². The first-order chi connectivity index (χ1) is 9.12. The standard InChI is InChI=1S/C15H21F2NO/c1-18-13-7-9-14(10-8-13)19-11-15(16,17)12-5-3-2-4-6-12/h2-6,13-14,18H,7-11H2,1H3. The van der Waals surface area contributed by atoms with Crippen molar-refractivity contribution < 1.29 is 13.5 Å². The van der Waals surface area contributed by atoms with Crippen molar-refractivity contribution in [3.8, 4) is 0 Å². The predicted molar refractivity (Wildman–Crippen MR) is 71.4 cm³/mol. The normalized spacial score (nSPS) is 24.4. The first kappa shape index (κ1) is 14.4. The van der Waals surface area contributed by atoms with Crippen LogP contribution in [0.2, 0.25) is 0 Å². The SMILES string of the molecule is CNC1CCC(OCC(F)(F)c2ccccc2)CC1. The molecule has 106 valence electrons. The molecule has 0 saturated heterocycles. The monoisotopic (exact) mass is 269 g/mol. The van der Waals surface area contributed by atoms with E-state index in [9.17, 15) is 8.78 Å². The lowest BCUT2D eigenvalue weighted by Crippen LogP contribution is -2.34. The minimum absolute atomic E-state index is 0.0268. The van der Waals surface area contributed by atoms with Crippen molar-refractivity contribution in [2.75, 3.05) is 13.7 Å². The van der Waals surface area contributed by atoms with Crippen LogP contribution in [-0.2, 0) is 10.7 Å². The van der Waals surface area contributed by atoms with E-state index in [0.717, 1.165) is 25.7 Å². The van der Waals surface area contributed by atoms with Gasteiger partial charge in [-0.15, -0.1) is 0 Å². The van der Waals surface area contributed by atoms with Gasteiger partial charge in [0.05, 0.1) is 6.10 Å². The van der Waals surface area contributed by atoms with Crippen molar-refractivity contribution in [1.29, 1.82) is 0 Å². The zero-order valence-corrected chi connectivity index (χ0v) is 11.2. The number of hydrogen-bond acceptors (Lipinski definition) is 2. The Balaban J connectivity index is 1.82. The topological polar surface area (TPSA) is 21.3 Å². The van der Waals surface area contributed by atoms with Crippen LogP contribution >= 0.6 is 0 Å². The lowest BCUT2D eigenvalue weighted by molar-refractivity contribution is -0.111. The zero-order chi connectivity index (χ0) is 13.7. The van der Waals surface area contributed by atoms with E-state index in [0.29, 0.717) is 6.04 Å². The van der Waals surface area contributed by atoms with E-state index in [2.05, 4.69) is 5.32 Å². The lowest BCUT2D eigenvalue weighted by atomic mass is 9.93. The van der Waals surface area contributed by atoms with Gasteiger partial charge in [-0.1, -0.05) is 30.3 Å². The molecular weight excluding hydrogens is 248 g/mol. The fourth-order valence-electron chi connectivity index (χ4n) is 2.51. The second-order valence-corrected chi connectivity index (χ2v) is 5.14. The number of rotatable bonds is 5. The molecule has 0 unspecified atom stereocenters. The van der Waals surface area contributed by atoms with Crippen molar-refractivity contribution in [2.24, 2.45) is 0 Å². The molecule has 0 bridgehead atoms. The molecule has 0 spiro atoms. The third kappa shape index (κ3) is 3.98. The van der Waals surface area contributed by atoms with Crippen LogP contribution in [0.5, 0.6) is 0 Å². The Morgan fingerprint density at radius 2 is 1.79 bits per heavy atom. The van der Waals surface area contributed by atoms with Crippen LogP contribution in [0.25, 0.3) is 0 Å². The molecule has 0 aliphatic heterocycles. The highest BCUT2D eigenvalue weighted by Gasteiger charge is 2.33. The van der Waals surface area contributed by atoms with Crippen LogP contribution in [0.15, 0.2) is 30.3 Å². The van der Waals surface area contributed by atoms with E-state index >= 15 is 0 Å². The molecule has 2 rings (SSSR count). The summed E-state index contributed by atoms with van der Waals surface area (Å²) < 4.78 is 33.3. The minimum atomic E-state index is -2.90. The Hall–Kier alpha value is -1.00. The highest BCUT2D eigenvalue weighted by atomic mass is 19.3. The molecule has 1 aliphatic rings. The largest absolute Gasteiger partial charge is 0.372 e. The number of ether oxygens (including phenoxy) is 1. The van der Waals surface area contributed by atoms with Gasteiger partial charge in [-0.3, -0.25) is 0 Å². The first-order valence-corrected chi connectivity index (χ1v) is 6.84. The van der Waals surface area contributed by atoms with Crippen LogP contribution in [0.1, 0.15) is 31.2 Å². The summed E-state index contributed by atoms with van der Waals surface area (Å²) in [5.74, 6) is -2.90. The molecule has 19 heavy (non-hydrogen) atoms. The van der Waals surface area contributed by atoms with Gasteiger partial charge < -0.3 is 10.1 Å². The lowest BCUT2D eigenvalue weighted by Gasteiger charge is -2.29. The summed E-state index contributed by atoms with van der Waals surface area (Å²) in [5, 5.41) is 3.22. The van der Waals surface area contributed by atoms with Crippen molar-refractivity contribution >= 4 is 0 Å². The van der Waals surface area contributed by atoms with Crippen molar-refractivity contribution in [1.82, 2.24) is 5.32 Å². The number of benzene rings is 1. The van der Waals surface area contributed by atoms with Crippen LogP contribution in [0.4, 0.5) is 8.78 Å². The molecule has 1 aromatic rings. The number of nitrogens with one attached hydrogen (secondary N) is 1. The summed E-state index contributed by atoms with van der Waals surface area (Å²) in [6.07, 6.45) is 3.68. The maximum atomic E-state index is 13.9. The van der Waals surface area contributed by atoms with Gasteiger partial charge in [0.2, 0.25) is 0 Å². The van der Waals surface area contributed by atoms with Crippen LogP contribution in [0.3, 0.4) is 0 Å². The van der Waals surface area contributed by atoms with Gasteiger partial charge in [0.15, 0.2) is 0 Å². The second kappa shape index (κ2) is 6.44. The van der Waals surface area contributed by atoms with Gasteiger partial charge >= 0.3 is 0 Å². The van der Waals surface area contributed by atoms with E-state index in [4.69, 9.17) is 4.74 Å². The molecule has 0 aromatic heterocycles. The summed E-state index contributed by atoms with van der Waals surface area (Å²) in [7, 11) is 1.94. The zero-order valence-electron chi connectivity index (χ0n) is 11.2. The van der Waals surface area contributed by atoms with Crippen LogP contribution in [-0.4, -0.2) is 25.8 Å². The Kier molecular flexibility index (Phi) is 4.88. The van der Waals surface area contributed by atoms with Crippen molar-refractivity contribution in [2.45, 2.75) is 43.8 Å². The summed E-state index contributed by atoms with van der Waals surface area (Å²) in [4.78, 5) is 0. The maximum absolute atomic E-state index is 13.9. The molecule has 1 aliphatic carbocycles. The third-order valence-corrected chi connectivity index (χ3v) is 3.78. The van der Waals surface area contributed by atoms with E-state index in [1.807, 2.05) is 7.05 Å². The van der Waals surface area contributed by atoms with Crippen LogP contribution < -0.4 is 5.32 Å². The van der Waals surface area contributed by atoms with E-state index in [-0.39, 0.29) is 11.7 Å². The molecule has 2 nitrogen and oxygen atoms in total. The second-order valence-electron chi connectivity index (χ2n) is 5.14. The highest BCUT2D eigenvalue weighted by molar-refractivity contribution is 5.19. The number of hydrogen-bond donors (Lipinski definition) is 1. The molecule has 0 heterocycles. The van der Waals surface area contributed by atoms with Crippen molar-refractivity contribution in [3.05, 3.63) is 35.9 Å². The molecule has 1 saturated carbocycles. The van der Waals surface area contributed by atoms with Gasteiger partial charge in [0, 0.05) is 11.6 Å². The Morgan fingerprint density at radius 3 is 2.37 bits per heavy atom. The molecule has 4 heteroatoms. The van der Waals surface area contributed by atoms with E-state index in [1.54, 1.807) is 18.2 Å². The third-order valence-electron chi connectivity index (χ3n) is 3.78. The summed E-state index contributed by atoms with van der Waals surface area (Å²) in [6, 6.07) is 8.39. The van der Waals surface area contributed by atoms with Gasteiger partial charge in [-0.2, -0.15) is 8.78 Å². The molecule has 1 N–H and O–H groups in total. The Morgan fingerprint density at radius 1 is 1.16 bits per heavy atom. The fraction of sp³-hybridized carbons (Fsp3) is 0.600. The molecule has 0 atom stereocenters. The fourth-order valence-corrected chi connectivity index (χ4v) is 2.51. The van der Waals surface area contributed by atoms with Gasteiger partial charge in [0.25, 0.3) is 5.92 Å². The quantitative estimate of drug-likeness (QED) is 0.885. The van der Waals surface area contributed by atoms with Crippen molar-refractivity contribution in [3.63, 3.8) is 0 Å². The molecular formula is C15H21F2NO. The number of alkyl halides is 2. The molecule has 1 fully saturated rings. The summed E-state index contributed by atoms with van der Waals surface area (Å²) in [5.41, 5.74) is 0.0268. The summed E-state index contributed by atoms with van der Waals surface area (Å²) >= 11 is 0. The maximum Gasteiger partial charge on any atom is 0.296 e. The highest BCUT2D eigenvalue weighted by Crippen LogP contribution is 2.30. The average Bonchev–Trinajstić information content (AvgIpc) is 2.47. The first-order valence-electron chi connectivity index (χ1n) is 6.84. The molecule has 1 aromatic carbocycles. The number of halogens is 2. The Bertz CT molecular complexity index is 375. The average molecular weight is 269 g/mol. The van der Waals surface area contributed by atoms with Gasteiger partial charge in [-0.05, 0) is 32.7 Å². The summed E-state index contributed by atoms with van der Waals surface area (Å²) in [6.45, 7) is -0.522. The smallest absolute Gasteiger partial charge is 0.296 e. The predicted octanol–water partition coefficient (Wildman–Crippen LogP) is 3.33. The molecule has 0 radical (unpaired) electrons.